The van der Waals surface area contributed by atoms with Gasteiger partial charge in [0.15, 0.2) is 0 Å². The SMILES string of the molecule is CCNCc1ccc(CS(=O)(=O)NCCCC(C)C)cc1. The Morgan fingerprint density at radius 2 is 1.71 bits per heavy atom. The monoisotopic (exact) mass is 312 g/mol. The first-order valence-electron chi connectivity index (χ1n) is 7.69. The van der Waals surface area contributed by atoms with Gasteiger partial charge in [0.05, 0.1) is 5.75 Å². The van der Waals surface area contributed by atoms with E-state index in [0.717, 1.165) is 31.5 Å². The summed E-state index contributed by atoms with van der Waals surface area (Å²) in [7, 11) is -3.23. The van der Waals surface area contributed by atoms with E-state index < -0.39 is 10.0 Å². The van der Waals surface area contributed by atoms with Crippen molar-refractivity contribution >= 4 is 10.0 Å². The number of hydrogen-bond donors (Lipinski definition) is 2. The topological polar surface area (TPSA) is 58.2 Å². The Morgan fingerprint density at radius 1 is 1.10 bits per heavy atom. The van der Waals surface area contributed by atoms with E-state index in [9.17, 15) is 8.42 Å². The molecular formula is C16H28N2O2S. The van der Waals surface area contributed by atoms with Crippen molar-refractivity contribution in [1.82, 2.24) is 10.0 Å². The lowest BCUT2D eigenvalue weighted by atomic mass is 10.1. The zero-order valence-electron chi connectivity index (χ0n) is 13.4. The summed E-state index contributed by atoms with van der Waals surface area (Å²) in [5.41, 5.74) is 1.99. The highest BCUT2D eigenvalue weighted by atomic mass is 32.2. The summed E-state index contributed by atoms with van der Waals surface area (Å²) in [6, 6.07) is 7.73. The number of benzene rings is 1. The fourth-order valence-electron chi connectivity index (χ4n) is 2.03. The molecule has 0 unspecified atom stereocenters. The lowest BCUT2D eigenvalue weighted by molar-refractivity contribution is 0.539. The van der Waals surface area contributed by atoms with E-state index in [1.807, 2.05) is 24.3 Å². The highest BCUT2D eigenvalue weighted by Crippen LogP contribution is 2.08. The molecule has 0 heterocycles. The van der Waals surface area contributed by atoms with Crippen molar-refractivity contribution in [3.8, 4) is 0 Å². The number of nitrogens with one attached hydrogen (secondary N) is 2. The number of hydrogen-bond acceptors (Lipinski definition) is 3. The third kappa shape index (κ3) is 8.19. The fourth-order valence-corrected chi connectivity index (χ4v) is 3.22. The lowest BCUT2D eigenvalue weighted by Gasteiger charge is -2.09. The molecule has 0 amide bonds. The van der Waals surface area contributed by atoms with E-state index in [1.54, 1.807) is 0 Å². The minimum absolute atomic E-state index is 0.0518. The molecule has 0 fully saturated rings. The first-order valence-corrected chi connectivity index (χ1v) is 9.34. The minimum atomic E-state index is -3.23. The van der Waals surface area contributed by atoms with Gasteiger partial charge in [-0.3, -0.25) is 0 Å². The summed E-state index contributed by atoms with van der Waals surface area (Å²) in [6.45, 7) is 8.62. The van der Waals surface area contributed by atoms with Crippen molar-refractivity contribution in [2.75, 3.05) is 13.1 Å². The molecule has 21 heavy (non-hydrogen) atoms. The summed E-state index contributed by atoms with van der Waals surface area (Å²) in [6.07, 6.45) is 1.93. The van der Waals surface area contributed by atoms with Gasteiger partial charge in [-0.25, -0.2) is 13.1 Å². The highest BCUT2D eigenvalue weighted by Gasteiger charge is 2.10. The molecule has 0 aliphatic heterocycles. The van der Waals surface area contributed by atoms with Crippen molar-refractivity contribution < 1.29 is 8.42 Å². The largest absolute Gasteiger partial charge is 0.313 e. The first-order chi connectivity index (χ1) is 9.93. The van der Waals surface area contributed by atoms with E-state index in [4.69, 9.17) is 0 Å². The summed E-state index contributed by atoms with van der Waals surface area (Å²) >= 11 is 0. The summed E-state index contributed by atoms with van der Waals surface area (Å²) < 4.78 is 26.6. The van der Waals surface area contributed by atoms with Crippen LogP contribution in [0.2, 0.25) is 0 Å². The molecule has 0 saturated carbocycles. The van der Waals surface area contributed by atoms with Gasteiger partial charge in [0, 0.05) is 13.1 Å². The first kappa shape index (κ1) is 18.1. The molecular weight excluding hydrogens is 284 g/mol. The van der Waals surface area contributed by atoms with E-state index >= 15 is 0 Å². The number of sulfonamides is 1. The smallest absolute Gasteiger partial charge is 0.215 e. The van der Waals surface area contributed by atoms with E-state index in [-0.39, 0.29) is 5.75 Å². The van der Waals surface area contributed by atoms with Gasteiger partial charge in [-0.2, -0.15) is 0 Å². The third-order valence-corrected chi connectivity index (χ3v) is 4.60. The Kier molecular flexibility index (Phi) is 7.93. The molecule has 0 aliphatic carbocycles. The zero-order chi connectivity index (χ0) is 15.7. The van der Waals surface area contributed by atoms with Gasteiger partial charge in [0.1, 0.15) is 0 Å². The molecule has 5 heteroatoms. The minimum Gasteiger partial charge on any atom is -0.313 e. The summed E-state index contributed by atoms with van der Waals surface area (Å²) in [4.78, 5) is 0. The molecule has 1 rings (SSSR count). The molecule has 4 nitrogen and oxygen atoms in total. The van der Waals surface area contributed by atoms with Crippen LogP contribution in [-0.4, -0.2) is 21.5 Å². The Balaban J connectivity index is 2.43. The molecule has 2 N–H and O–H groups in total. The van der Waals surface area contributed by atoms with Crippen molar-refractivity contribution in [3.63, 3.8) is 0 Å². The average Bonchev–Trinajstić information content (AvgIpc) is 2.42. The normalized spacial score (nSPS) is 12.0. The Morgan fingerprint density at radius 3 is 2.29 bits per heavy atom. The molecule has 0 atom stereocenters. The van der Waals surface area contributed by atoms with Gasteiger partial charge in [-0.1, -0.05) is 45.0 Å². The molecule has 1 aromatic rings. The molecule has 0 aliphatic rings. The molecule has 0 bridgehead atoms. The predicted molar refractivity (Wildman–Crippen MR) is 88.5 cm³/mol. The third-order valence-electron chi connectivity index (χ3n) is 3.24. The second-order valence-electron chi connectivity index (χ2n) is 5.79. The Bertz CT molecular complexity index is 496. The standard InChI is InChI=1S/C16H28N2O2S/c1-4-17-12-15-7-9-16(10-8-15)13-21(19,20)18-11-5-6-14(2)3/h7-10,14,17-18H,4-6,11-13H2,1-3H3. The van der Waals surface area contributed by atoms with Crippen LogP contribution in [0.4, 0.5) is 0 Å². The van der Waals surface area contributed by atoms with Crippen LogP contribution < -0.4 is 10.0 Å². The molecule has 120 valence electrons. The fraction of sp³-hybridized carbons (Fsp3) is 0.625. The van der Waals surface area contributed by atoms with Crippen LogP contribution in [0.25, 0.3) is 0 Å². The van der Waals surface area contributed by atoms with Crippen LogP contribution >= 0.6 is 0 Å². The summed E-state index contributed by atoms with van der Waals surface area (Å²) in [5.74, 6) is 0.662. The van der Waals surface area contributed by atoms with E-state index in [2.05, 4.69) is 30.8 Å². The maximum absolute atomic E-state index is 12.0. The summed E-state index contributed by atoms with van der Waals surface area (Å²) in [5, 5.41) is 3.25. The average molecular weight is 312 g/mol. The Hall–Kier alpha value is -0.910. The van der Waals surface area contributed by atoms with Gasteiger partial charge < -0.3 is 5.32 Å². The zero-order valence-corrected chi connectivity index (χ0v) is 14.2. The van der Waals surface area contributed by atoms with Crippen molar-refractivity contribution in [3.05, 3.63) is 35.4 Å². The van der Waals surface area contributed by atoms with Gasteiger partial charge >= 0.3 is 0 Å². The van der Waals surface area contributed by atoms with E-state index in [0.29, 0.717) is 12.5 Å². The van der Waals surface area contributed by atoms with Crippen LogP contribution in [-0.2, 0) is 22.3 Å². The van der Waals surface area contributed by atoms with Gasteiger partial charge in [0.25, 0.3) is 0 Å². The van der Waals surface area contributed by atoms with Crippen LogP contribution in [0.3, 0.4) is 0 Å². The van der Waals surface area contributed by atoms with Crippen LogP contribution in [0.15, 0.2) is 24.3 Å². The molecule has 0 aromatic heterocycles. The maximum atomic E-state index is 12.0. The van der Waals surface area contributed by atoms with Crippen LogP contribution in [0.1, 0.15) is 44.7 Å². The van der Waals surface area contributed by atoms with Gasteiger partial charge in [-0.15, -0.1) is 0 Å². The second-order valence-corrected chi connectivity index (χ2v) is 7.59. The van der Waals surface area contributed by atoms with Crippen molar-refractivity contribution in [2.24, 2.45) is 5.92 Å². The predicted octanol–water partition coefficient (Wildman–Crippen LogP) is 2.65. The quantitative estimate of drug-likeness (QED) is 0.653. The van der Waals surface area contributed by atoms with E-state index in [1.165, 1.54) is 5.56 Å². The number of rotatable bonds is 10. The molecule has 0 spiro atoms. The molecule has 0 radical (unpaired) electrons. The lowest BCUT2D eigenvalue weighted by Crippen LogP contribution is -2.26. The maximum Gasteiger partial charge on any atom is 0.215 e. The van der Waals surface area contributed by atoms with Gasteiger partial charge in [-0.05, 0) is 36.4 Å². The van der Waals surface area contributed by atoms with Gasteiger partial charge in [0.2, 0.25) is 10.0 Å². The highest BCUT2D eigenvalue weighted by molar-refractivity contribution is 7.88. The van der Waals surface area contributed by atoms with Crippen molar-refractivity contribution in [2.45, 2.75) is 45.9 Å². The van der Waals surface area contributed by atoms with Crippen molar-refractivity contribution in [1.29, 1.82) is 0 Å². The molecule has 0 saturated heterocycles. The van der Waals surface area contributed by atoms with Crippen LogP contribution in [0, 0.1) is 5.92 Å². The van der Waals surface area contributed by atoms with Crippen LogP contribution in [0.5, 0.6) is 0 Å². The Labute approximate surface area is 129 Å². The molecule has 1 aromatic carbocycles. The second kappa shape index (κ2) is 9.18.